The van der Waals surface area contributed by atoms with Crippen LogP contribution in [0.15, 0.2) is 29.6 Å². The Kier molecular flexibility index (Phi) is 4.71. The third kappa shape index (κ3) is 3.47. The van der Waals surface area contributed by atoms with Crippen LogP contribution in [0.4, 0.5) is 0 Å². The fraction of sp³-hybridized carbons (Fsp3) is 0.312. The highest BCUT2D eigenvalue weighted by Crippen LogP contribution is 2.28. The number of aromatic nitrogens is 1. The molecule has 1 atom stereocenters. The van der Waals surface area contributed by atoms with Crippen molar-refractivity contribution >= 4 is 17.1 Å². The van der Waals surface area contributed by atoms with Gasteiger partial charge < -0.3 is 4.74 Å². The number of benzene rings is 1. The normalized spacial score (nSPS) is 12.0. The highest BCUT2D eigenvalue weighted by atomic mass is 32.1. The van der Waals surface area contributed by atoms with Crippen molar-refractivity contribution in [1.29, 1.82) is 5.26 Å². The average molecular weight is 300 g/mol. The molecule has 0 saturated carbocycles. The quantitative estimate of drug-likeness (QED) is 0.789. The second kappa shape index (κ2) is 6.51. The summed E-state index contributed by atoms with van der Waals surface area (Å²) in [5, 5.41) is 11.7. The number of para-hydroxylation sites is 1. The predicted molar refractivity (Wildman–Crippen MR) is 81.7 cm³/mol. The van der Waals surface area contributed by atoms with Gasteiger partial charge in [0.05, 0.1) is 17.7 Å². The molecule has 1 aromatic heterocycles. The molecule has 108 valence electrons. The van der Waals surface area contributed by atoms with Crippen LogP contribution in [0, 0.1) is 18.3 Å². The molecule has 1 aromatic carbocycles. The summed E-state index contributed by atoms with van der Waals surface area (Å²) in [6.45, 7) is 5.63. The van der Waals surface area contributed by atoms with E-state index >= 15 is 0 Å². The molecule has 0 radical (unpaired) electrons. The number of carbonyl (C=O) groups excluding carboxylic acids is 1. The van der Waals surface area contributed by atoms with Gasteiger partial charge in [0.25, 0.3) is 0 Å². The van der Waals surface area contributed by atoms with Gasteiger partial charge in [-0.2, -0.15) is 5.26 Å². The Morgan fingerprint density at radius 3 is 2.67 bits per heavy atom. The number of ether oxygens (including phenoxy) is 1. The Hall–Kier alpha value is -2.19. The van der Waals surface area contributed by atoms with Crippen molar-refractivity contribution in [1.82, 2.24) is 4.98 Å². The zero-order valence-electron chi connectivity index (χ0n) is 12.2. The van der Waals surface area contributed by atoms with Crippen LogP contribution in [-0.4, -0.2) is 16.9 Å². The first-order valence-corrected chi connectivity index (χ1v) is 7.52. The number of carbonyl (C=O) groups is 1. The summed E-state index contributed by atoms with van der Waals surface area (Å²) in [6.07, 6.45) is -0.0402. The van der Waals surface area contributed by atoms with Crippen LogP contribution in [0.5, 0.6) is 5.75 Å². The molecule has 0 fully saturated rings. The SMILES string of the molecule is Cc1csc([C@H](C#N)C(=O)c2ccccc2OC(C)C)n1. The van der Waals surface area contributed by atoms with Gasteiger partial charge in [-0.15, -0.1) is 11.3 Å². The molecule has 21 heavy (non-hydrogen) atoms. The Bertz CT molecular complexity index is 686. The molecule has 4 nitrogen and oxygen atoms in total. The fourth-order valence-electron chi connectivity index (χ4n) is 1.91. The van der Waals surface area contributed by atoms with Gasteiger partial charge in [0.15, 0.2) is 11.7 Å². The Labute approximate surface area is 128 Å². The molecule has 0 aliphatic rings. The summed E-state index contributed by atoms with van der Waals surface area (Å²) < 4.78 is 5.65. The van der Waals surface area contributed by atoms with Crippen LogP contribution in [0.2, 0.25) is 0 Å². The third-order valence-electron chi connectivity index (χ3n) is 2.79. The van der Waals surface area contributed by atoms with Crippen molar-refractivity contribution in [3.63, 3.8) is 0 Å². The maximum absolute atomic E-state index is 12.7. The van der Waals surface area contributed by atoms with Crippen molar-refractivity contribution in [2.75, 3.05) is 0 Å². The summed E-state index contributed by atoms with van der Waals surface area (Å²) in [6, 6.07) is 9.06. The van der Waals surface area contributed by atoms with E-state index < -0.39 is 5.92 Å². The van der Waals surface area contributed by atoms with E-state index in [1.807, 2.05) is 32.2 Å². The lowest BCUT2D eigenvalue weighted by Gasteiger charge is -2.14. The van der Waals surface area contributed by atoms with Crippen molar-refractivity contribution < 1.29 is 9.53 Å². The van der Waals surface area contributed by atoms with Gasteiger partial charge in [-0.3, -0.25) is 4.79 Å². The third-order valence-corrected chi connectivity index (χ3v) is 3.82. The van der Waals surface area contributed by atoms with E-state index in [0.29, 0.717) is 16.3 Å². The summed E-state index contributed by atoms with van der Waals surface area (Å²) in [5.74, 6) is -0.658. The molecule has 0 spiro atoms. The van der Waals surface area contributed by atoms with Gasteiger partial charge in [0.2, 0.25) is 0 Å². The lowest BCUT2D eigenvalue weighted by Crippen LogP contribution is -2.15. The van der Waals surface area contributed by atoms with Gasteiger partial charge in [-0.05, 0) is 32.9 Å². The number of hydrogen-bond acceptors (Lipinski definition) is 5. The van der Waals surface area contributed by atoms with Gasteiger partial charge >= 0.3 is 0 Å². The number of thiazole rings is 1. The van der Waals surface area contributed by atoms with Crippen molar-refractivity contribution in [3.8, 4) is 11.8 Å². The molecule has 0 amide bonds. The maximum Gasteiger partial charge on any atom is 0.190 e. The molecule has 0 N–H and O–H groups in total. The minimum Gasteiger partial charge on any atom is -0.490 e. The molecule has 0 aliphatic carbocycles. The average Bonchev–Trinajstić information content (AvgIpc) is 2.86. The molecule has 0 bridgehead atoms. The molecule has 0 aliphatic heterocycles. The number of Topliss-reactive ketones (excluding diaryl/α,β-unsaturated/α-hetero) is 1. The lowest BCUT2D eigenvalue weighted by molar-refractivity contribution is 0.0973. The second-order valence-electron chi connectivity index (χ2n) is 4.92. The van der Waals surface area contributed by atoms with Crippen LogP contribution in [0.1, 0.15) is 40.8 Å². The van der Waals surface area contributed by atoms with Crippen LogP contribution in [0.25, 0.3) is 0 Å². The number of hydrogen-bond donors (Lipinski definition) is 0. The molecule has 2 aromatic rings. The number of ketones is 1. The first-order valence-electron chi connectivity index (χ1n) is 6.64. The lowest BCUT2D eigenvalue weighted by atomic mass is 9.98. The van der Waals surface area contributed by atoms with Gasteiger partial charge in [-0.25, -0.2) is 4.98 Å². The van der Waals surface area contributed by atoms with Crippen LogP contribution < -0.4 is 4.74 Å². The molecule has 2 rings (SSSR count). The van der Waals surface area contributed by atoms with Gasteiger partial charge in [0, 0.05) is 11.1 Å². The van der Waals surface area contributed by atoms with E-state index in [-0.39, 0.29) is 11.9 Å². The second-order valence-corrected chi connectivity index (χ2v) is 5.81. The minimum atomic E-state index is -0.888. The molecular formula is C16H16N2O2S. The highest BCUT2D eigenvalue weighted by molar-refractivity contribution is 7.10. The summed E-state index contributed by atoms with van der Waals surface area (Å²) in [7, 11) is 0. The summed E-state index contributed by atoms with van der Waals surface area (Å²) >= 11 is 1.33. The standard InChI is InChI=1S/C16H16N2O2S/c1-10(2)20-14-7-5-4-6-12(14)15(19)13(8-17)16-18-11(3)9-21-16/h4-7,9-10,13H,1-3H3/t13-/m1/s1. The number of rotatable bonds is 5. The zero-order valence-corrected chi connectivity index (χ0v) is 13.0. The first-order chi connectivity index (χ1) is 10.0. The first kappa shape index (κ1) is 15.2. The van der Waals surface area contributed by atoms with Crippen molar-refractivity contribution in [3.05, 3.63) is 45.9 Å². The monoisotopic (exact) mass is 300 g/mol. The predicted octanol–water partition coefficient (Wildman–Crippen LogP) is 3.73. The van der Waals surface area contributed by atoms with Gasteiger partial charge in [0.1, 0.15) is 10.8 Å². The van der Waals surface area contributed by atoms with E-state index in [0.717, 1.165) is 5.69 Å². The van der Waals surface area contributed by atoms with Crippen LogP contribution in [-0.2, 0) is 0 Å². The van der Waals surface area contributed by atoms with E-state index in [1.165, 1.54) is 11.3 Å². The Morgan fingerprint density at radius 1 is 1.38 bits per heavy atom. The maximum atomic E-state index is 12.7. The Balaban J connectivity index is 2.37. The molecular weight excluding hydrogens is 284 g/mol. The van der Waals surface area contributed by atoms with Crippen LogP contribution in [0.3, 0.4) is 0 Å². The summed E-state index contributed by atoms with van der Waals surface area (Å²) in [5.41, 5.74) is 1.24. The zero-order chi connectivity index (χ0) is 15.4. The highest BCUT2D eigenvalue weighted by Gasteiger charge is 2.27. The minimum absolute atomic E-state index is 0.0402. The number of aryl methyl sites for hydroxylation is 1. The molecule has 5 heteroatoms. The number of nitrogens with zero attached hydrogens (tertiary/aromatic N) is 2. The topological polar surface area (TPSA) is 63.0 Å². The Morgan fingerprint density at radius 2 is 2.10 bits per heavy atom. The molecule has 0 saturated heterocycles. The van der Waals surface area contributed by atoms with E-state index in [9.17, 15) is 10.1 Å². The van der Waals surface area contributed by atoms with Gasteiger partial charge in [-0.1, -0.05) is 12.1 Å². The van der Waals surface area contributed by atoms with E-state index in [4.69, 9.17) is 4.74 Å². The number of nitriles is 1. The van der Waals surface area contributed by atoms with E-state index in [2.05, 4.69) is 11.1 Å². The largest absolute Gasteiger partial charge is 0.490 e. The molecule has 0 unspecified atom stereocenters. The summed E-state index contributed by atoms with van der Waals surface area (Å²) in [4.78, 5) is 16.9. The smallest absolute Gasteiger partial charge is 0.190 e. The molecule has 1 heterocycles. The van der Waals surface area contributed by atoms with Crippen molar-refractivity contribution in [2.24, 2.45) is 0 Å². The fourth-order valence-corrected chi connectivity index (χ4v) is 2.75. The van der Waals surface area contributed by atoms with E-state index in [1.54, 1.807) is 18.2 Å². The van der Waals surface area contributed by atoms with Crippen LogP contribution >= 0.6 is 11.3 Å². The van der Waals surface area contributed by atoms with Crippen molar-refractivity contribution in [2.45, 2.75) is 32.8 Å².